The lowest BCUT2D eigenvalue weighted by atomic mass is 10.2. The first-order chi connectivity index (χ1) is 11.7. The zero-order valence-electron chi connectivity index (χ0n) is 14.5. The van der Waals surface area contributed by atoms with E-state index in [2.05, 4.69) is 16.0 Å². The van der Waals surface area contributed by atoms with Crippen molar-refractivity contribution in [2.45, 2.75) is 38.7 Å². The fourth-order valence-electron chi connectivity index (χ4n) is 2.13. The number of carbonyl (C=O) groups excluding carboxylic acids is 2. The summed E-state index contributed by atoms with van der Waals surface area (Å²) in [5.41, 5.74) is 0.966. The summed E-state index contributed by atoms with van der Waals surface area (Å²) in [6.45, 7) is 2.47. The lowest BCUT2D eigenvalue weighted by Crippen LogP contribution is -2.26. The van der Waals surface area contributed by atoms with Crippen molar-refractivity contribution >= 4 is 12.0 Å². The smallest absolute Gasteiger partial charge is 0.407 e. The summed E-state index contributed by atoms with van der Waals surface area (Å²) in [5.74, 6) is 0.0985. The second-order valence-corrected chi connectivity index (χ2v) is 5.61. The molecule has 1 aromatic carbocycles. The minimum Gasteiger partial charge on any atom is -0.445 e. The summed E-state index contributed by atoms with van der Waals surface area (Å²) in [4.78, 5) is 23.1. The van der Waals surface area contributed by atoms with Gasteiger partial charge in [0.2, 0.25) is 5.91 Å². The number of unbranched alkanes of at least 4 members (excludes halogenated alkanes) is 2. The molecule has 3 N–H and O–H groups in total. The minimum atomic E-state index is -0.402. The van der Waals surface area contributed by atoms with Crippen molar-refractivity contribution in [3.63, 3.8) is 0 Å². The molecule has 6 heteroatoms. The summed E-state index contributed by atoms with van der Waals surface area (Å²) >= 11 is 0. The Labute approximate surface area is 144 Å². The van der Waals surface area contributed by atoms with E-state index in [9.17, 15) is 9.59 Å². The maximum absolute atomic E-state index is 11.5. The summed E-state index contributed by atoms with van der Waals surface area (Å²) in [6.07, 6.45) is 3.66. The number of rotatable bonds is 12. The highest BCUT2D eigenvalue weighted by atomic mass is 16.5. The Bertz CT molecular complexity index is 466. The van der Waals surface area contributed by atoms with Crippen LogP contribution in [0.25, 0.3) is 0 Å². The third-order valence-corrected chi connectivity index (χ3v) is 3.49. The molecule has 0 aliphatic rings. The van der Waals surface area contributed by atoms with E-state index >= 15 is 0 Å². The number of benzene rings is 1. The quantitative estimate of drug-likeness (QED) is 0.512. The molecule has 0 unspecified atom stereocenters. The van der Waals surface area contributed by atoms with Gasteiger partial charge in [0.1, 0.15) is 6.61 Å². The first-order valence-electron chi connectivity index (χ1n) is 8.58. The highest BCUT2D eigenvalue weighted by Gasteiger charge is 2.03. The monoisotopic (exact) mass is 335 g/mol. The molecule has 134 valence electrons. The van der Waals surface area contributed by atoms with Crippen LogP contribution in [-0.4, -0.2) is 38.7 Å². The van der Waals surface area contributed by atoms with E-state index < -0.39 is 6.09 Å². The number of hydrogen-bond donors (Lipinski definition) is 3. The Morgan fingerprint density at radius 2 is 1.67 bits per heavy atom. The number of nitrogens with one attached hydrogen (secondary N) is 3. The van der Waals surface area contributed by atoms with Gasteiger partial charge in [0.05, 0.1) is 0 Å². The molecule has 0 saturated carbocycles. The van der Waals surface area contributed by atoms with Crippen LogP contribution in [0.3, 0.4) is 0 Å². The number of hydrogen-bond acceptors (Lipinski definition) is 4. The van der Waals surface area contributed by atoms with E-state index in [0.717, 1.165) is 37.8 Å². The van der Waals surface area contributed by atoms with Crippen LogP contribution in [0.1, 0.15) is 37.7 Å². The van der Waals surface area contributed by atoms with Gasteiger partial charge in [-0.3, -0.25) is 4.79 Å². The molecule has 0 heterocycles. The number of alkyl carbamates (subject to hydrolysis) is 1. The first kappa shape index (κ1) is 20.0. The topological polar surface area (TPSA) is 79.5 Å². The Hall–Kier alpha value is -2.08. The van der Waals surface area contributed by atoms with E-state index in [4.69, 9.17) is 4.74 Å². The lowest BCUT2D eigenvalue weighted by molar-refractivity contribution is -0.121. The second-order valence-electron chi connectivity index (χ2n) is 5.61. The highest BCUT2D eigenvalue weighted by Crippen LogP contribution is 2.01. The molecule has 1 rings (SSSR count). The van der Waals surface area contributed by atoms with E-state index in [1.54, 1.807) is 0 Å². The number of amides is 2. The summed E-state index contributed by atoms with van der Waals surface area (Å²) in [7, 11) is 1.90. The van der Waals surface area contributed by atoms with E-state index in [-0.39, 0.29) is 12.5 Å². The van der Waals surface area contributed by atoms with Crippen molar-refractivity contribution in [1.29, 1.82) is 0 Å². The van der Waals surface area contributed by atoms with Crippen molar-refractivity contribution in [2.75, 3.05) is 26.7 Å². The molecule has 0 fully saturated rings. The van der Waals surface area contributed by atoms with Gasteiger partial charge in [0.15, 0.2) is 0 Å². The summed E-state index contributed by atoms with van der Waals surface area (Å²) in [6, 6.07) is 9.57. The zero-order valence-corrected chi connectivity index (χ0v) is 14.5. The van der Waals surface area contributed by atoms with E-state index in [1.807, 2.05) is 37.4 Å². The van der Waals surface area contributed by atoms with Gasteiger partial charge in [-0.1, -0.05) is 36.8 Å². The average molecular weight is 335 g/mol. The van der Waals surface area contributed by atoms with Gasteiger partial charge >= 0.3 is 6.09 Å². The molecule has 1 aromatic rings. The van der Waals surface area contributed by atoms with Gasteiger partial charge in [0, 0.05) is 19.5 Å². The molecule has 2 amide bonds. The number of carbonyl (C=O) groups is 2. The lowest BCUT2D eigenvalue weighted by Gasteiger charge is -2.07. The Morgan fingerprint density at radius 1 is 0.917 bits per heavy atom. The van der Waals surface area contributed by atoms with Gasteiger partial charge in [-0.2, -0.15) is 0 Å². The van der Waals surface area contributed by atoms with Gasteiger partial charge in [0.25, 0.3) is 0 Å². The molecule has 0 aliphatic heterocycles. The first-order valence-corrected chi connectivity index (χ1v) is 8.58. The highest BCUT2D eigenvalue weighted by molar-refractivity contribution is 5.75. The van der Waals surface area contributed by atoms with Crippen LogP contribution in [0.5, 0.6) is 0 Å². The molecule has 0 saturated heterocycles. The van der Waals surface area contributed by atoms with Crippen LogP contribution in [0, 0.1) is 0 Å². The normalized spacial score (nSPS) is 10.2. The van der Waals surface area contributed by atoms with Gasteiger partial charge in [-0.15, -0.1) is 0 Å². The van der Waals surface area contributed by atoms with Crippen molar-refractivity contribution in [2.24, 2.45) is 0 Å². The third kappa shape index (κ3) is 10.6. The van der Waals surface area contributed by atoms with Crippen LogP contribution in [-0.2, 0) is 16.1 Å². The maximum Gasteiger partial charge on any atom is 0.407 e. The average Bonchev–Trinajstić information content (AvgIpc) is 2.61. The van der Waals surface area contributed by atoms with Gasteiger partial charge in [-0.25, -0.2) is 4.79 Å². The predicted octanol–water partition coefficient (Wildman–Crippen LogP) is 2.20. The Morgan fingerprint density at radius 3 is 2.42 bits per heavy atom. The molecular weight excluding hydrogens is 306 g/mol. The molecule has 0 spiro atoms. The molecule has 24 heavy (non-hydrogen) atoms. The van der Waals surface area contributed by atoms with Crippen LogP contribution >= 0.6 is 0 Å². The standard InChI is InChI=1S/C18H29N3O3/c1-19-12-8-14-20-17(22)11-6-3-7-13-21-18(23)24-15-16-9-4-2-5-10-16/h2,4-5,9-10,19H,3,6-8,11-15H2,1H3,(H,20,22)(H,21,23). The van der Waals surface area contributed by atoms with Gasteiger partial charge in [-0.05, 0) is 38.4 Å². The van der Waals surface area contributed by atoms with Crippen molar-refractivity contribution < 1.29 is 14.3 Å². The third-order valence-electron chi connectivity index (χ3n) is 3.49. The van der Waals surface area contributed by atoms with Crippen LogP contribution in [0.4, 0.5) is 4.79 Å². The molecule has 0 atom stereocenters. The van der Waals surface area contributed by atoms with Crippen LogP contribution in [0.15, 0.2) is 30.3 Å². The number of ether oxygens (including phenoxy) is 1. The molecule has 0 aromatic heterocycles. The molecule has 0 radical (unpaired) electrons. The SMILES string of the molecule is CNCCCNC(=O)CCCCCNC(=O)OCc1ccccc1. The summed E-state index contributed by atoms with van der Waals surface area (Å²) < 4.78 is 5.12. The van der Waals surface area contributed by atoms with Crippen LogP contribution in [0.2, 0.25) is 0 Å². The Balaban J connectivity index is 1.92. The van der Waals surface area contributed by atoms with Crippen molar-refractivity contribution in [3.05, 3.63) is 35.9 Å². The maximum atomic E-state index is 11.5. The summed E-state index contributed by atoms with van der Waals surface area (Å²) in [5, 5.41) is 8.65. The minimum absolute atomic E-state index is 0.0985. The molecule has 0 bridgehead atoms. The Kier molecular flexibility index (Phi) is 11.1. The molecular formula is C18H29N3O3. The van der Waals surface area contributed by atoms with E-state index in [0.29, 0.717) is 19.5 Å². The van der Waals surface area contributed by atoms with E-state index in [1.165, 1.54) is 0 Å². The fourth-order valence-corrected chi connectivity index (χ4v) is 2.13. The predicted molar refractivity (Wildman–Crippen MR) is 94.7 cm³/mol. The van der Waals surface area contributed by atoms with Gasteiger partial charge < -0.3 is 20.7 Å². The zero-order chi connectivity index (χ0) is 17.5. The molecule has 0 aliphatic carbocycles. The van der Waals surface area contributed by atoms with Crippen molar-refractivity contribution in [1.82, 2.24) is 16.0 Å². The second kappa shape index (κ2) is 13.4. The fraction of sp³-hybridized carbons (Fsp3) is 0.556. The molecule has 6 nitrogen and oxygen atoms in total. The van der Waals surface area contributed by atoms with Crippen LogP contribution < -0.4 is 16.0 Å². The van der Waals surface area contributed by atoms with Crippen molar-refractivity contribution in [3.8, 4) is 0 Å². The largest absolute Gasteiger partial charge is 0.445 e.